The predicted molar refractivity (Wildman–Crippen MR) is 83.8 cm³/mol. The van der Waals surface area contributed by atoms with Gasteiger partial charge in [-0.25, -0.2) is 17.5 Å². The highest BCUT2D eigenvalue weighted by molar-refractivity contribution is 7.89. The van der Waals surface area contributed by atoms with Crippen molar-refractivity contribution in [2.24, 2.45) is 0 Å². The molecule has 3 rings (SSSR count). The monoisotopic (exact) mass is 339 g/mol. The van der Waals surface area contributed by atoms with Gasteiger partial charge >= 0.3 is 0 Å². The van der Waals surface area contributed by atoms with Gasteiger partial charge in [-0.3, -0.25) is 0 Å². The molecular formula is C16H15ClFNO2S. The molecule has 0 bridgehead atoms. The molecule has 2 aromatic rings. The van der Waals surface area contributed by atoms with Gasteiger partial charge in [-0.05, 0) is 61.2 Å². The normalized spacial score (nSPS) is 16.5. The first-order valence-electron chi connectivity index (χ1n) is 6.89. The second-order valence-electron chi connectivity index (χ2n) is 5.61. The molecule has 0 aromatic heterocycles. The van der Waals surface area contributed by atoms with E-state index in [1.54, 1.807) is 31.2 Å². The van der Waals surface area contributed by atoms with E-state index in [2.05, 4.69) is 4.72 Å². The lowest BCUT2D eigenvalue weighted by Gasteiger charge is -2.18. The lowest BCUT2D eigenvalue weighted by Crippen LogP contribution is -2.34. The van der Waals surface area contributed by atoms with E-state index in [0.29, 0.717) is 23.4 Å². The summed E-state index contributed by atoms with van der Waals surface area (Å²) in [5.74, 6) is -0.337. The van der Waals surface area contributed by atoms with Crippen molar-refractivity contribution >= 4 is 21.6 Å². The van der Waals surface area contributed by atoms with Gasteiger partial charge in [-0.1, -0.05) is 23.7 Å². The summed E-state index contributed by atoms with van der Waals surface area (Å²) >= 11 is 5.94. The third-order valence-electron chi connectivity index (χ3n) is 3.92. The maximum absolute atomic E-state index is 13.0. The molecule has 22 heavy (non-hydrogen) atoms. The molecule has 0 radical (unpaired) electrons. The van der Waals surface area contributed by atoms with Crippen LogP contribution in [-0.2, 0) is 15.6 Å². The largest absolute Gasteiger partial charge is 0.241 e. The number of sulfonamides is 1. The number of aryl methyl sites for hydroxylation is 1. The van der Waals surface area contributed by atoms with E-state index in [9.17, 15) is 12.8 Å². The topological polar surface area (TPSA) is 46.2 Å². The summed E-state index contributed by atoms with van der Waals surface area (Å²) in [6.07, 6.45) is 1.40. The van der Waals surface area contributed by atoms with Crippen LogP contribution < -0.4 is 4.72 Å². The third-order valence-corrected chi connectivity index (χ3v) is 5.87. The zero-order valence-electron chi connectivity index (χ0n) is 11.9. The van der Waals surface area contributed by atoms with E-state index in [-0.39, 0.29) is 10.7 Å². The highest BCUT2D eigenvalue weighted by Gasteiger charge is 2.47. The van der Waals surface area contributed by atoms with Gasteiger partial charge in [0.25, 0.3) is 0 Å². The summed E-state index contributed by atoms with van der Waals surface area (Å²) in [7, 11) is -3.66. The average Bonchev–Trinajstić information content (AvgIpc) is 3.22. The van der Waals surface area contributed by atoms with E-state index in [0.717, 1.165) is 5.56 Å². The van der Waals surface area contributed by atoms with E-state index >= 15 is 0 Å². The van der Waals surface area contributed by atoms with E-state index in [4.69, 9.17) is 11.6 Å². The quantitative estimate of drug-likeness (QED) is 0.922. The first-order valence-corrected chi connectivity index (χ1v) is 8.75. The fraction of sp³-hybridized carbons (Fsp3) is 0.250. The third kappa shape index (κ3) is 2.89. The van der Waals surface area contributed by atoms with Crippen molar-refractivity contribution in [2.75, 3.05) is 0 Å². The van der Waals surface area contributed by atoms with Crippen LogP contribution in [0.3, 0.4) is 0 Å². The van der Waals surface area contributed by atoms with Crippen LogP contribution in [-0.4, -0.2) is 8.42 Å². The van der Waals surface area contributed by atoms with Crippen LogP contribution in [0.25, 0.3) is 0 Å². The number of benzene rings is 2. The molecule has 1 aliphatic rings. The van der Waals surface area contributed by atoms with Gasteiger partial charge in [0.2, 0.25) is 10.0 Å². The molecular weight excluding hydrogens is 325 g/mol. The van der Waals surface area contributed by atoms with Crippen LogP contribution in [0.1, 0.15) is 24.0 Å². The highest BCUT2D eigenvalue weighted by Crippen LogP contribution is 2.46. The van der Waals surface area contributed by atoms with Gasteiger partial charge in [-0.15, -0.1) is 0 Å². The summed E-state index contributed by atoms with van der Waals surface area (Å²) < 4.78 is 40.9. The Balaban J connectivity index is 1.91. The lowest BCUT2D eigenvalue weighted by atomic mass is 10.1. The molecule has 1 aliphatic carbocycles. The SMILES string of the molecule is Cc1cc(S(=O)(=O)NC2(c3ccc(F)cc3)CC2)ccc1Cl. The molecule has 1 saturated carbocycles. The molecule has 1 fully saturated rings. The van der Waals surface area contributed by atoms with Crippen molar-refractivity contribution in [2.45, 2.75) is 30.2 Å². The molecule has 116 valence electrons. The summed E-state index contributed by atoms with van der Waals surface area (Å²) in [5, 5.41) is 0.526. The zero-order chi connectivity index (χ0) is 16.0. The van der Waals surface area contributed by atoms with Gasteiger partial charge in [-0.2, -0.15) is 0 Å². The van der Waals surface area contributed by atoms with Crippen molar-refractivity contribution < 1.29 is 12.8 Å². The van der Waals surface area contributed by atoms with Crippen molar-refractivity contribution in [3.8, 4) is 0 Å². The summed E-state index contributed by atoms with van der Waals surface area (Å²) in [6, 6.07) is 10.5. The van der Waals surface area contributed by atoms with Gasteiger partial charge in [0, 0.05) is 5.02 Å². The minimum absolute atomic E-state index is 0.183. The van der Waals surface area contributed by atoms with Gasteiger partial charge < -0.3 is 0 Å². The van der Waals surface area contributed by atoms with Gasteiger partial charge in [0.1, 0.15) is 5.82 Å². The summed E-state index contributed by atoms with van der Waals surface area (Å²) in [5.41, 5.74) is 0.861. The Labute approximate surface area is 134 Å². The summed E-state index contributed by atoms with van der Waals surface area (Å²) in [4.78, 5) is 0.183. The molecule has 1 N–H and O–H groups in total. The van der Waals surface area contributed by atoms with Crippen molar-refractivity contribution in [3.05, 3.63) is 64.4 Å². The van der Waals surface area contributed by atoms with Crippen LogP contribution in [0.15, 0.2) is 47.4 Å². The van der Waals surface area contributed by atoms with E-state index in [1.165, 1.54) is 18.2 Å². The van der Waals surface area contributed by atoms with Crippen LogP contribution in [0.4, 0.5) is 4.39 Å². The maximum atomic E-state index is 13.0. The van der Waals surface area contributed by atoms with Crippen LogP contribution in [0, 0.1) is 12.7 Å². The zero-order valence-corrected chi connectivity index (χ0v) is 13.5. The average molecular weight is 340 g/mol. The molecule has 3 nitrogen and oxygen atoms in total. The Morgan fingerprint density at radius 3 is 2.32 bits per heavy atom. The molecule has 2 aromatic carbocycles. The fourth-order valence-electron chi connectivity index (χ4n) is 2.44. The first kappa shape index (κ1) is 15.5. The van der Waals surface area contributed by atoms with Gasteiger partial charge in [0.15, 0.2) is 0 Å². The van der Waals surface area contributed by atoms with Crippen LogP contribution >= 0.6 is 11.6 Å². The van der Waals surface area contributed by atoms with Crippen LogP contribution in [0.5, 0.6) is 0 Å². The Bertz CT molecular complexity index is 815. The molecule has 0 saturated heterocycles. The first-order chi connectivity index (χ1) is 10.3. The molecule has 0 heterocycles. The molecule has 0 atom stereocenters. The lowest BCUT2D eigenvalue weighted by molar-refractivity contribution is 0.551. The number of nitrogens with one attached hydrogen (secondary N) is 1. The molecule has 0 amide bonds. The van der Waals surface area contributed by atoms with Gasteiger partial charge in [0.05, 0.1) is 10.4 Å². The standard InChI is InChI=1S/C16H15ClFNO2S/c1-11-10-14(6-7-15(11)17)22(20,21)19-16(8-9-16)12-2-4-13(18)5-3-12/h2-7,10,19H,8-9H2,1H3. The second-order valence-corrected chi connectivity index (χ2v) is 7.70. The minimum Gasteiger partial charge on any atom is -0.207 e. The van der Waals surface area contributed by atoms with E-state index < -0.39 is 15.6 Å². The Kier molecular flexibility index (Phi) is 3.75. The molecule has 0 unspecified atom stereocenters. The van der Waals surface area contributed by atoms with Crippen LogP contribution in [0.2, 0.25) is 5.02 Å². The minimum atomic E-state index is -3.66. The molecule has 0 aliphatic heterocycles. The fourth-order valence-corrected chi connectivity index (χ4v) is 4.09. The predicted octanol–water partition coefficient (Wildman–Crippen LogP) is 3.76. The highest BCUT2D eigenvalue weighted by atomic mass is 35.5. The Morgan fingerprint density at radius 2 is 1.77 bits per heavy atom. The van der Waals surface area contributed by atoms with Crippen molar-refractivity contribution in [3.63, 3.8) is 0 Å². The molecule has 6 heteroatoms. The number of hydrogen-bond donors (Lipinski definition) is 1. The smallest absolute Gasteiger partial charge is 0.207 e. The summed E-state index contributed by atoms with van der Waals surface area (Å²) in [6.45, 7) is 1.76. The van der Waals surface area contributed by atoms with E-state index in [1.807, 2.05) is 0 Å². The Hall–Kier alpha value is -1.43. The molecule has 0 spiro atoms. The van der Waals surface area contributed by atoms with Crippen molar-refractivity contribution in [1.29, 1.82) is 0 Å². The maximum Gasteiger partial charge on any atom is 0.241 e. The van der Waals surface area contributed by atoms with Crippen molar-refractivity contribution in [1.82, 2.24) is 4.72 Å². The second kappa shape index (κ2) is 5.33. The Morgan fingerprint density at radius 1 is 1.14 bits per heavy atom. The number of halogens is 2. The number of rotatable bonds is 4. The number of hydrogen-bond acceptors (Lipinski definition) is 2.